The molecule has 2 heterocycles. The second-order valence-corrected chi connectivity index (χ2v) is 9.30. The van der Waals surface area contributed by atoms with E-state index in [0.717, 1.165) is 5.56 Å². The molecule has 206 valence electrons. The molecule has 13 nitrogen and oxygen atoms in total. The molecule has 0 unspecified atom stereocenters. The van der Waals surface area contributed by atoms with Gasteiger partial charge in [0.25, 0.3) is 0 Å². The summed E-state index contributed by atoms with van der Waals surface area (Å²) in [6.45, 7) is 0. The molecular formula is C27H21ClN8O5. The summed E-state index contributed by atoms with van der Waals surface area (Å²) in [5, 5.41) is 28.8. The predicted octanol–water partition coefficient (Wildman–Crippen LogP) is 2.80. The molecule has 0 fully saturated rings. The van der Waals surface area contributed by atoms with Crippen LogP contribution in [0.15, 0.2) is 79.1 Å². The van der Waals surface area contributed by atoms with Crippen molar-refractivity contribution in [3.05, 3.63) is 95.4 Å². The number of carbonyl (C=O) groups excluding carboxylic acids is 3. The first kappa shape index (κ1) is 27.0. The number of carboxylic acids is 1. The maximum absolute atomic E-state index is 13.3. The number of carbonyl (C=O) groups is 4. The quantitative estimate of drug-likeness (QED) is 0.176. The van der Waals surface area contributed by atoms with Crippen LogP contribution in [0, 0.1) is 0 Å². The van der Waals surface area contributed by atoms with Crippen LogP contribution in [-0.4, -0.2) is 60.0 Å². The molecule has 41 heavy (non-hydrogen) atoms. The maximum atomic E-state index is 13.3. The Morgan fingerprint density at radius 2 is 1.76 bits per heavy atom. The summed E-state index contributed by atoms with van der Waals surface area (Å²) in [5.41, 5.74) is 2.25. The number of carboxylic acid groups (broad SMARTS) is 1. The van der Waals surface area contributed by atoms with E-state index in [2.05, 4.69) is 36.5 Å². The molecule has 1 atom stereocenters. The van der Waals surface area contributed by atoms with Crippen molar-refractivity contribution in [3.63, 3.8) is 0 Å². The number of hydrogen-bond donors (Lipinski definition) is 5. The Kier molecular flexibility index (Phi) is 7.69. The molecule has 0 radical (unpaired) electrons. The van der Waals surface area contributed by atoms with E-state index < -0.39 is 29.7 Å². The summed E-state index contributed by atoms with van der Waals surface area (Å²) >= 11 is 6.09. The summed E-state index contributed by atoms with van der Waals surface area (Å²) < 4.78 is 1.29. The number of tetrazole rings is 1. The number of anilines is 2. The second-order valence-electron chi connectivity index (χ2n) is 8.87. The molecule has 0 aliphatic rings. The minimum atomic E-state index is -1.13. The summed E-state index contributed by atoms with van der Waals surface area (Å²) in [6, 6.07) is 18.7. The van der Waals surface area contributed by atoms with Crippen molar-refractivity contribution in [2.75, 3.05) is 10.6 Å². The fraction of sp³-hybridized carbons (Fsp3) is 0.0741. The van der Waals surface area contributed by atoms with Crippen LogP contribution in [0.4, 0.5) is 11.4 Å². The van der Waals surface area contributed by atoms with Crippen molar-refractivity contribution >= 4 is 57.6 Å². The van der Waals surface area contributed by atoms with Gasteiger partial charge in [-0.3, -0.25) is 14.4 Å². The van der Waals surface area contributed by atoms with Crippen molar-refractivity contribution in [3.8, 4) is 5.69 Å². The predicted molar refractivity (Wildman–Crippen MR) is 149 cm³/mol. The topological polar surface area (TPSA) is 184 Å². The number of aromatic amines is 1. The molecule has 0 spiro atoms. The van der Waals surface area contributed by atoms with E-state index in [-0.39, 0.29) is 17.8 Å². The highest BCUT2D eigenvalue weighted by Crippen LogP contribution is 2.24. The van der Waals surface area contributed by atoms with Crippen molar-refractivity contribution in [1.82, 2.24) is 30.5 Å². The number of nitrogens with one attached hydrogen (secondary N) is 4. The van der Waals surface area contributed by atoms with Gasteiger partial charge in [0, 0.05) is 28.0 Å². The van der Waals surface area contributed by atoms with Crippen LogP contribution in [0.5, 0.6) is 0 Å². The molecule has 3 amide bonds. The number of rotatable bonds is 8. The smallest absolute Gasteiger partial charge is 0.352 e. The minimum Gasteiger partial charge on any atom is -0.477 e. The van der Waals surface area contributed by atoms with Crippen molar-refractivity contribution < 1.29 is 24.3 Å². The van der Waals surface area contributed by atoms with Gasteiger partial charge in [0.2, 0.25) is 5.91 Å². The van der Waals surface area contributed by atoms with Gasteiger partial charge in [0.1, 0.15) is 18.1 Å². The molecule has 2 aromatic heterocycles. The van der Waals surface area contributed by atoms with E-state index in [9.17, 15) is 24.3 Å². The van der Waals surface area contributed by atoms with E-state index in [4.69, 9.17) is 11.6 Å². The fourth-order valence-electron chi connectivity index (χ4n) is 4.10. The van der Waals surface area contributed by atoms with Gasteiger partial charge in [-0.15, -0.1) is 5.10 Å². The Balaban J connectivity index is 1.34. The summed E-state index contributed by atoms with van der Waals surface area (Å²) in [7, 11) is 0. The molecule has 3 aromatic carbocycles. The van der Waals surface area contributed by atoms with Crippen LogP contribution < -0.4 is 16.0 Å². The largest absolute Gasteiger partial charge is 0.477 e. The van der Waals surface area contributed by atoms with Gasteiger partial charge >= 0.3 is 17.8 Å². The van der Waals surface area contributed by atoms with Gasteiger partial charge in [-0.05, 0) is 58.5 Å². The molecule has 0 saturated heterocycles. The Morgan fingerprint density at radius 1 is 0.951 bits per heavy atom. The minimum absolute atomic E-state index is 0.00616. The number of nitrogens with zero attached hydrogens (tertiary/aromatic N) is 4. The Bertz CT molecular complexity index is 1750. The van der Waals surface area contributed by atoms with E-state index in [1.54, 1.807) is 54.6 Å². The molecule has 0 aliphatic heterocycles. The molecule has 0 bridgehead atoms. The number of amides is 3. The number of aromatic nitrogens is 5. The highest BCUT2D eigenvalue weighted by atomic mass is 35.5. The van der Waals surface area contributed by atoms with Crippen LogP contribution >= 0.6 is 11.6 Å². The van der Waals surface area contributed by atoms with Gasteiger partial charge < -0.3 is 26.0 Å². The van der Waals surface area contributed by atoms with Crippen molar-refractivity contribution in [1.29, 1.82) is 0 Å². The normalized spacial score (nSPS) is 11.5. The third-order valence-corrected chi connectivity index (χ3v) is 6.27. The number of aromatic carboxylic acids is 1. The van der Waals surface area contributed by atoms with Gasteiger partial charge in [-0.25, -0.2) is 4.79 Å². The Labute approximate surface area is 236 Å². The number of fused-ring (bicyclic) bond motifs is 1. The van der Waals surface area contributed by atoms with Crippen molar-refractivity contribution in [2.45, 2.75) is 12.5 Å². The van der Waals surface area contributed by atoms with Gasteiger partial charge in [-0.1, -0.05) is 41.9 Å². The molecular weight excluding hydrogens is 552 g/mol. The van der Waals surface area contributed by atoms with E-state index >= 15 is 0 Å². The molecule has 14 heteroatoms. The number of H-pyrrole nitrogens is 1. The van der Waals surface area contributed by atoms with E-state index in [1.165, 1.54) is 23.1 Å². The third-order valence-electron chi connectivity index (χ3n) is 6.03. The van der Waals surface area contributed by atoms with Crippen LogP contribution in [0.3, 0.4) is 0 Å². The van der Waals surface area contributed by atoms with Gasteiger partial charge in [-0.2, -0.15) is 4.68 Å². The fourth-order valence-corrected chi connectivity index (χ4v) is 4.27. The van der Waals surface area contributed by atoms with E-state index in [1.807, 2.05) is 6.07 Å². The first-order chi connectivity index (χ1) is 19.8. The molecule has 5 N–H and O–H groups in total. The monoisotopic (exact) mass is 572 g/mol. The molecule has 5 aromatic rings. The Hall–Kier alpha value is -5.56. The zero-order valence-corrected chi connectivity index (χ0v) is 21.8. The second kappa shape index (κ2) is 11.7. The van der Waals surface area contributed by atoms with Crippen LogP contribution in [0.1, 0.15) is 16.1 Å². The van der Waals surface area contributed by atoms with E-state index in [0.29, 0.717) is 27.3 Å². The average molecular weight is 573 g/mol. The average Bonchev–Trinajstić information content (AvgIpc) is 3.64. The number of halogens is 1. The van der Waals surface area contributed by atoms with Gasteiger partial charge in [0.05, 0.1) is 11.4 Å². The maximum Gasteiger partial charge on any atom is 0.352 e. The summed E-state index contributed by atoms with van der Waals surface area (Å²) in [4.78, 5) is 53.3. The molecule has 0 saturated carbocycles. The lowest BCUT2D eigenvalue weighted by molar-refractivity contribution is -0.137. The summed E-state index contributed by atoms with van der Waals surface area (Å²) in [5.74, 6) is -3.79. The van der Waals surface area contributed by atoms with Crippen LogP contribution in [0.2, 0.25) is 5.02 Å². The lowest BCUT2D eigenvalue weighted by Gasteiger charge is -2.19. The SMILES string of the molecule is O=C(Nc1cc(Cl)ccc1-n1cnnn1)C(=O)N[C@@H](Cc1ccccc1)C(=O)Nc1ccc2[nH]c(C(=O)O)cc2c1. The molecule has 5 rings (SSSR count). The number of hydrogen-bond acceptors (Lipinski definition) is 7. The third kappa shape index (κ3) is 6.37. The standard InChI is InChI=1S/C27H21ClN8O5/c28-17-6-9-23(36-14-29-34-35-36)20(13-17)32-25(38)26(39)33-21(10-15-4-2-1-3-5-15)24(37)30-18-7-8-19-16(11-18)12-22(31-19)27(40)41/h1-9,11-14,21,31H,10H2,(H,30,37)(H,32,38)(H,33,39)(H,40,41)/t21-/m0/s1. The highest BCUT2D eigenvalue weighted by molar-refractivity contribution is 6.40. The summed E-state index contributed by atoms with van der Waals surface area (Å²) in [6.07, 6.45) is 1.40. The number of benzene rings is 3. The van der Waals surface area contributed by atoms with Crippen LogP contribution in [0.25, 0.3) is 16.6 Å². The first-order valence-electron chi connectivity index (χ1n) is 12.1. The van der Waals surface area contributed by atoms with Crippen LogP contribution in [-0.2, 0) is 20.8 Å². The molecule has 0 aliphatic carbocycles. The van der Waals surface area contributed by atoms with Gasteiger partial charge in [0.15, 0.2) is 0 Å². The first-order valence-corrected chi connectivity index (χ1v) is 12.5. The zero-order valence-electron chi connectivity index (χ0n) is 21.0. The Morgan fingerprint density at radius 3 is 2.49 bits per heavy atom. The zero-order chi connectivity index (χ0) is 28.9. The lowest BCUT2D eigenvalue weighted by Crippen LogP contribution is -2.49. The lowest BCUT2D eigenvalue weighted by atomic mass is 10.0. The van der Waals surface area contributed by atoms with Crippen molar-refractivity contribution in [2.24, 2.45) is 0 Å². The highest BCUT2D eigenvalue weighted by Gasteiger charge is 2.26.